The average Bonchev–Trinajstić information content (AvgIpc) is 2.49. The molecule has 0 radical (unpaired) electrons. The van der Waals surface area contributed by atoms with Crippen molar-refractivity contribution >= 4 is 21.7 Å². The van der Waals surface area contributed by atoms with Gasteiger partial charge in [-0.2, -0.15) is 0 Å². The summed E-state index contributed by atoms with van der Waals surface area (Å²) in [7, 11) is -3.76. The quantitative estimate of drug-likeness (QED) is 0.663. The highest BCUT2D eigenvalue weighted by molar-refractivity contribution is 7.88. The molecule has 1 atom stereocenters. The van der Waals surface area contributed by atoms with Crippen LogP contribution < -0.4 is 10.5 Å². The molecule has 0 amide bonds. The van der Waals surface area contributed by atoms with Gasteiger partial charge in [0, 0.05) is 5.69 Å². The van der Waals surface area contributed by atoms with Crippen LogP contribution in [-0.2, 0) is 27.0 Å². The van der Waals surface area contributed by atoms with Gasteiger partial charge in [0.1, 0.15) is 6.04 Å². The Morgan fingerprint density at radius 2 is 1.65 bits per heavy atom. The molecule has 2 aromatic carbocycles. The predicted molar refractivity (Wildman–Crippen MR) is 88.2 cm³/mol. The Labute approximate surface area is 135 Å². The van der Waals surface area contributed by atoms with Crippen molar-refractivity contribution in [2.45, 2.75) is 18.2 Å². The van der Waals surface area contributed by atoms with Gasteiger partial charge in [0.05, 0.1) is 5.75 Å². The summed E-state index contributed by atoms with van der Waals surface area (Å²) in [6.45, 7) is 0. The van der Waals surface area contributed by atoms with Crippen LogP contribution in [0.4, 0.5) is 5.69 Å². The molecule has 4 N–H and O–H groups in total. The zero-order valence-electron chi connectivity index (χ0n) is 12.3. The van der Waals surface area contributed by atoms with E-state index in [0.717, 1.165) is 0 Å². The topological polar surface area (TPSA) is 109 Å². The molecule has 2 rings (SSSR count). The summed E-state index contributed by atoms with van der Waals surface area (Å²) < 4.78 is 26.6. The van der Waals surface area contributed by atoms with E-state index in [2.05, 4.69) is 4.72 Å². The number of carboxylic acid groups (broad SMARTS) is 1. The van der Waals surface area contributed by atoms with Crippen LogP contribution in [0.5, 0.6) is 0 Å². The van der Waals surface area contributed by atoms with Gasteiger partial charge in [-0.1, -0.05) is 42.5 Å². The van der Waals surface area contributed by atoms with Crippen molar-refractivity contribution in [3.63, 3.8) is 0 Å². The number of aliphatic carboxylic acids is 1. The van der Waals surface area contributed by atoms with E-state index in [-0.39, 0.29) is 12.2 Å². The number of nitrogens with two attached hydrogens (primary N) is 1. The maximum atomic E-state index is 12.2. The van der Waals surface area contributed by atoms with E-state index in [1.807, 2.05) is 0 Å². The number of carboxylic acids is 1. The summed E-state index contributed by atoms with van der Waals surface area (Å²) in [4.78, 5) is 11.3. The summed E-state index contributed by atoms with van der Waals surface area (Å²) >= 11 is 0. The van der Waals surface area contributed by atoms with Gasteiger partial charge in [0.15, 0.2) is 0 Å². The van der Waals surface area contributed by atoms with E-state index in [1.54, 1.807) is 54.6 Å². The second-order valence-electron chi connectivity index (χ2n) is 5.20. The fourth-order valence-electron chi connectivity index (χ4n) is 2.12. The average molecular weight is 334 g/mol. The van der Waals surface area contributed by atoms with Crippen molar-refractivity contribution in [2.24, 2.45) is 0 Å². The first-order valence-corrected chi connectivity index (χ1v) is 8.62. The minimum atomic E-state index is -3.76. The zero-order valence-corrected chi connectivity index (χ0v) is 13.2. The third-order valence-corrected chi connectivity index (χ3v) is 4.60. The smallest absolute Gasteiger partial charge is 0.322 e. The van der Waals surface area contributed by atoms with E-state index in [9.17, 15) is 18.3 Å². The number of benzene rings is 2. The van der Waals surface area contributed by atoms with Crippen LogP contribution in [0.15, 0.2) is 54.6 Å². The van der Waals surface area contributed by atoms with Crippen molar-refractivity contribution in [3.8, 4) is 0 Å². The molecular weight excluding hydrogens is 316 g/mol. The third kappa shape index (κ3) is 5.39. The molecular formula is C16H18N2O4S. The van der Waals surface area contributed by atoms with Crippen molar-refractivity contribution in [1.82, 2.24) is 4.72 Å². The van der Waals surface area contributed by atoms with Crippen molar-refractivity contribution in [1.29, 1.82) is 0 Å². The maximum Gasteiger partial charge on any atom is 0.322 e. The van der Waals surface area contributed by atoms with Crippen LogP contribution in [0.2, 0.25) is 0 Å². The normalized spacial score (nSPS) is 12.7. The first-order valence-electron chi connectivity index (χ1n) is 6.97. The molecule has 0 saturated carbocycles. The van der Waals surface area contributed by atoms with E-state index >= 15 is 0 Å². The first-order chi connectivity index (χ1) is 10.9. The fourth-order valence-corrected chi connectivity index (χ4v) is 3.45. The number of sulfonamides is 1. The van der Waals surface area contributed by atoms with Crippen LogP contribution in [0, 0.1) is 0 Å². The minimum Gasteiger partial charge on any atom is -0.480 e. The number of anilines is 1. The molecule has 2 aromatic rings. The van der Waals surface area contributed by atoms with Gasteiger partial charge in [-0.15, -0.1) is 0 Å². The molecule has 7 heteroatoms. The maximum absolute atomic E-state index is 12.2. The van der Waals surface area contributed by atoms with Gasteiger partial charge in [0.25, 0.3) is 0 Å². The highest BCUT2D eigenvalue weighted by Crippen LogP contribution is 2.10. The molecule has 6 nitrogen and oxygen atoms in total. The summed E-state index contributed by atoms with van der Waals surface area (Å²) in [5.74, 6) is -1.49. The molecule has 0 heterocycles. The highest BCUT2D eigenvalue weighted by atomic mass is 32.2. The lowest BCUT2D eigenvalue weighted by molar-refractivity contribution is -0.138. The number of nitrogens with one attached hydrogen (secondary N) is 1. The summed E-state index contributed by atoms with van der Waals surface area (Å²) in [5, 5.41) is 9.27. The number of rotatable bonds is 7. The van der Waals surface area contributed by atoms with Gasteiger partial charge in [-0.25, -0.2) is 13.1 Å². The van der Waals surface area contributed by atoms with E-state index in [4.69, 9.17) is 5.73 Å². The molecule has 0 aliphatic rings. The summed E-state index contributed by atoms with van der Waals surface area (Å²) in [6, 6.07) is 14.0. The van der Waals surface area contributed by atoms with Gasteiger partial charge in [0.2, 0.25) is 10.0 Å². The van der Waals surface area contributed by atoms with Gasteiger partial charge in [-0.05, 0) is 29.7 Å². The Morgan fingerprint density at radius 1 is 1.04 bits per heavy atom. The van der Waals surface area contributed by atoms with Gasteiger partial charge >= 0.3 is 5.97 Å². The Kier molecular flexibility index (Phi) is 5.36. The van der Waals surface area contributed by atoms with Crippen LogP contribution in [-0.4, -0.2) is 25.5 Å². The fraction of sp³-hybridized carbons (Fsp3) is 0.188. The second-order valence-corrected chi connectivity index (χ2v) is 6.95. The Balaban J connectivity index is 2.09. The highest BCUT2D eigenvalue weighted by Gasteiger charge is 2.24. The van der Waals surface area contributed by atoms with Crippen LogP contribution in [0.3, 0.4) is 0 Å². The molecule has 0 aromatic heterocycles. The van der Waals surface area contributed by atoms with Crippen molar-refractivity contribution in [3.05, 3.63) is 65.7 Å². The predicted octanol–water partition coefficient (Wildman–Crippen LogP) is 1.38. The Hall–Kier alpha value is -2.38. The molecule has 0 spiro atoms. The first kappa shape index (κ1) is 17.0. The SMILES string of the molecule is Nc1ccc(C[C@H](NS(=O)(=O)Cc2ccccc2)C(=O)O)cc1. The monoisotopic (exact) mass is 334 g/mol. The largest absolute Gasteiger partial charge is 0.480 e. The Bertz CT molecular complexity index is 758. The number of carbonyl (C=O) groups is 1. The van der Waals surface area contributed by atoms with Gasteiger partial charge < -0.3 is 10.8 Å². The number of hydrogen-bond donors (Lipinski definition) is 3. The van der Waals surface area contributed by atoms with Crippen molar-refractivity contribution in [2.75, 3.05) is 5.73 Å². The van der Waals surface area contributed by atoms with Crippen LogP contribution >= 0.6 is 0 Å². The zero-order chi connectivity index (χ0) is 16.9. The van der Waals surface area contributed by atoms with Crippen LogP contribution in [0.1, 0.15) is 11.1 Å². The molecule has 0 aliphatic heterocycles. The van der Waals surface area contributed by atoms with E-state index in [1.165, 1.54) is 0 Å². The number of hydrogen-bond acceptors (Lipinski definition) is 4. The lowest BCUT2D eigenvalue weighted by atomic mass is 10.1. The third-order valence-electron chi connectivity index (χ3n) is 3.24. The van der Waals surface area contributed by atoms with Crippen molar-refractivity contribution < 1.29 is 18.3 Å². The minimum absolute atomic E-state index is 0.0453. The molecule has 0 aliphatic carbocycles. The molecule has 0 saturated heterocycles. The molecule has 0 unspecified atom stereocenters. The standard InChI is InChI=1S/C16H18N2O4S/c17-14-8-6-12(7-9-14)10-15(16(19)20)18-23(21,22)11-13-4-2-1-3-5-13/h1-9,15,18H,10-11,17H2,(H,19,20)/t15-/m0/s1. The summed E-state index contributed by atoms with van der Waals surface area (Å²) in [6.07, 6.45) is 0.0453. The lowest BCUT2D eigenvalue weighted by Gasteiger charge is -2.15. The lowest BCUT2D eigenvalue weighted by Crippen LogP contribution is -2.42. The number of nitrogen functional groups attached to an aromatic ring is 1. The molecule has 122 valence electrons. The van der Waals surface area contributed by atoms with Crippen LogP contribution in [0.25, 0.3) is 0 Å². The molecule has 23 heavy (non-hydrogen) atoms. The second kappa shape index (κ2) is 7.26. The summed E-state index contributed by atoms with van der Waals surface area (Å²) in [5.41, 5.74) is 7.42. The van der Waals surface area contributed by atoms with E-state index < -0.39 is 22.0 Å². The Morgan fingerprint density at radius 3 is 2.22 bits per heavy atom. The molecule has 0 fully saturated rings. The van der Waals surface area contributed by atoms with Gasteiger partial charge in [-0.3, -0.25) is 4.79 Å². The molecule has 0 bridgehead atoms. The van der Waals surface area contributed by atoms with E-state index in [0.29, 0.717) is 16.8 Å².